The van der Waals surface area contributed by atoms with Gasteiger partial charge in [-0.15, -0.1) is 11.8 Å². The monoisotopic (exact) mass is 339 g/mol. The fourth-order valence-electron chi connectivity index (χ4n) is 2.37. The van der Waals surface area contributed by atoms with Crippen LogP contribution in [0.3, 0.4) is 0 Å². The maximum Gasteiger partial charge on any atom is 0.252 e. The van der Waals surface area contributed by atoms with Crippen molar-refractivity contribution in [2.45, 2.75) is 11.4 Å². The van der Waals surface area contributed by atoms with Crippen molar-refractivity contribution in [1.82, 2.24) is 25.1 Å². The molecule has 0 saturated heterocycles. The summed E-state index contributed by atoms with van der Waals surface area (Å²) in [7, 11) is 1.85. The lowest BCUT2D eigenvalue weighted by Gasteiger charge is -2.10. The Morgan fingerprint density at radius 3 is 2.79 bits per heavy atom. The molecular formula is C17H17N5OS. The van der Waals surface area contributed by atoms with E-state index in [0.717, 1.165) is 16.2 Å². The molecule has 0 unspecified atom stereocenters. The Balaban J connectivity index is 1.79. The maximum absolute atomic E-state index is 12.5. The number of aryl methyl sites for hydroxylation is 1. The molecule has 0 spiro atoms. The van der Waals surface area contributed by atoms with E-state index in [-0.39, 0.29) is 5.91 Å². The minimum Gasteiger partial charge on any atom is -0.346 e. The quantitative estimate of drug-likeness (QED) is 0.723. The lowest BCUT2D eigenvalue weighted by molar-refractivity contribution is 0.0947. The molecule has 2 aromatic heterocycles. The first kappa shape index (κ1) is 16.2. The minimum atomic E-state index is -0.122. The highest BCUT2D eigenvalue weighted by Gasteiger charge is 2.13. The van der Waals surface area contributed by atoms with Gasteiger partial charge >= 0.3 is 0 Å². The Morgan fingerprint density at radius 2 is 2.04 bits per heavy atom. The highest BCUT2D eigenvalue weighted by atomic mass is 32.2. The van der Waals surface area contributed by atoms with Crippen molar-refractivity contribution in [3.8, 4) is 11.3 Å². The van der Waals surface area contributed by atoms with Gasteiger partial charge in [-0.1, -0.05) is 12.1 Å². The molecule has 0 radical (unpaired) electrons. The number of hydrogen-bond donors (Lipinski definition) is 1. The summed E-state index contributed by atoms with van der Waals surface area (Å²) >= 11 is 1.55. The molecule has 0 bridgehead atoms. The van der Waals surface area contributed by atoms with Crippen LogP contribution in [0.4, 0.5) is 0 Å². The predicted molar refractivity (Wildman–Crippen MR) is 93.6 cm³/mol. The Hall–Kier alpha value is -2.67. The smallest absolute Gasteiger partial charge is 0.252 e. The van der Waals surface area contributed by atoms with Gasteiger partial charge in [0.05, 0.1) is 29.7 Å². The van der Waals surface area contributed by atoms with Crippen molar-refractivity contribution in [3.63, 3.8) is 0 Å². The van der Waals surface area contributed by atoms with Crippen LogP contribution in [0.2, 0.25) is 0 Å². The van der Waals surface area contributed by atoms with Gasteiger partial charge < -0.3 is 5.32 Å². The maximum atomic E-state index is 12.5. The lowest BCUT2D eigenvalue weighted by Crippen LogP contribution is -2.24. The van der Waals surface area contributed by atoms with Gasteiger partial charge in [0, 0.05) is 36.1 Å². The molecule has 0 fully saturated rings. The molecule has 0 saturated carbocycles. The molecule has 0 atom stereocenters. The minimum absolute atomic E-state index is 0.122. The number of rotatable bonds is 5. The van der Waals surface area contributed by atoms with Crippen LogP contribution in [0.5, 0.6) is 0 Å². The molecule has 6 nitrogen and oxygen atoms in total. The Bertz CT molecular complexity index is 861. The van der Waals surface area contributed by atoms with Gasteiger partial charge in [-0.25, -0.2) is 0 Å². The number of carbonyl (C=O) groups is 1. The summed E-state index contributed by atoms with van der Waals surface area (Å²) in [6.45, 7) is 0.305. The van der Waals surface area contributed by atoms with E-state index in [1.54, 1.807) is 35.0 Å². The normalized spacial score (nSPS) is 10.6. The highest BCUT2D eigenvalue weighted by Crippen LogP contribution is 2.21. The van der Waals surface area contributed by atoms with Crippen LogP contribution in [0, 0.1) is 0 Å². The van der Waals surface area contributed by atoms with E-state index in [0.29, 0.717) is 17.8 Å². The lowest BCUT2D eigenvalue weighted by atomic mass is 10.2. The molecule has 1 N–H and O–H groups in total. The van der Waals surface area contributed by atoms with Gasteiger partial charge in [0.25, 0.3) is 5.91 Å². The van der Waals surface area contributed by atoms with Crippen LogP contribution in [0.15, 0.2) is 53.9 Å². The zero-order valence-electron chi connectivity index (χ0n) is 13.4. The van der Waals surface area contributed by atoms with E-state index < -0.39 is 0 Å². The average molecular weight is 339 g/mol. The molecule has 1 aromatic carbocycles. The van der Waals surface area contributed by atoms with Crippen molar-refractivity contribution in [2.24, 2.45) is 7.05 Å². The largest absolute Gasteiger partial charge is 0.346 e. The van der Waals surface area contributed by atoms with Gasteiger partial charge in [-0.05, 0) is 18.4 Å². The van der Waals surface area contributed by atoms with Gasteiger partial charge in [0.15, 0.2) is 0 Å². The first-order valence-corrected chi connectivity index (χ1v) is 8.61. The van der Waals surface area contributed by atoms with Crippen LogP contribution >= 0.6 is 11.8 Å². The first-order chi connectivity index (χ1) is 11.7. The second kappa shape index (κ2) is 7.27. The van der Waals surface area contributed by atoms with Crippen molar-refractivity contribution < 1.29 is 4.79 Å². The number of nitrogens with zero attached hydrogens (tertiary/aromatic N) is 4. The molecule has 3 rings (SSSR count). The van der Waals surface area contributed by atoms with E-state index in [4.69, 9.17) is 0 Å². The summed E-state index contributed by atoms with van der Waals surface area (Å²) in [5.41, 5.74) is 2.97. The van der Waals surface area contributed by atoms with Crippen molar-refractivity contribution >= 4 is 17.7 Å². The van der Waals surface area contributed by atoms with Gasteiger partial charge in [-0.2, -0.15) is 5.10 Å². The van der Waals surface area contributed by atoms with E-state index in [1.165, 1.54) is 0 Å². The Morgan fingerprint density at radius 1 is 1.25 bits per heavy atom. The summed E-state index contributed by atoms with van der Waals surface area (Å²) in [5, 5.41) is 7.08. The van der Waals surface area contributed by atoms with Gasteiger partial charge in [-0.3, -0.25) is 19.4 Å². The van der Waals surface area contributed by atoms with Crippen LogP contribution in [0.1, 0.15) is 16.1 Å². The third-order valence-electron chi connectivity index (χ3n) is 3.52. The summed E-state index contributed by atoms with van der Waals surface area (Å²) in [4.78, 5) is 22.1. The van der Waals surface area contributed by atoms with Gasteiger partial charge in [0.1, 0.15) is 0 Å². The number of hydrogen-bond acceptors (Lipinski definition) is 5. The Labute approximate surface area is 144 Å². The van der Waals surface area contributed by atoms with Crippen LogP contribution in [-0.2, 0) is 13.6 Å². The van der Waals surface area contributed by atoms with E-state index in [1.807, 2.05) is 43.8 Å². The molecule has 3 aromatic rings. The number of carbonyl (C=O) groups excluding carboxylic acids is 1. The summed E-state index contributed by atoms with van der Waals surface area (Å²) in [6.07, 6.45) is 8.82. The Kier molecular flexibility index (Phi) is 4.90. The molecule has 2 heterocycles. The molecule has 0 aliphatic rings. The number of nitrogens with one attached hydrogen (secondary N) is 1. The number of aromatic nitrogens is 4. The van der Waals surface area contributed by atoms with Crippen LogP contribution in [-0.4, -0.2) is 31.9 Å². The molecule has 122 valence electrons. The topological polar surface area (TPSA) is 72.7 Å². The SMILES string of the molecule is CSc1ccccc1C(=O)NCc1nccnc1-c1cnn(C)c1. The molecule has 24 heavy (non-hydrogen) atoms. The predicted octanol–water partition coefficient (Wildman–Crippen LogP) is 2.53. The van der Waals surface area contributed by atoms with Crippen molar-refractivity contribution in [3.05, 3.63) is 60.3 Å². The molecule has 0 aliphatic heterocycles. The fraction of sp³-hybridized carbons (Fsp3) is 0.176. The summed E-state index contributed by atoms with van der Waals surface area (Å²) in [6, 6.07) is 7.53. The second-order valence-corrected chi connectivity index (χ2v) is 5.99. The highest BCUT2D eigenvalue weighted by molar-refractivity contribution is 7.98. The molecule has 1 amide bonds. The fourth-order valence-corrected chi connectivity index (χ4v) is 2.97. The second-order valence-electron chi connectivity index (χ2n) is 5.14. The summed E-state index contributed by atoms with van der Waals surface area (Å²) in [5.74, 6) is -0.122. The number of thioether (sulfide) groups is 1. The average Bonchev–Trinajstić information content (AvgIpc) is 3.06. The van der Waals surface area contributed by atoms with E-state index in [9.17, 15) is 4.79 Å². The van der Waals surface area contributed by atoms with Crippen molar-refractivity contribution in [1.29, 1.82) is 0 Å². The third kappa shape index (κ3) is 3.46. The first-order valence-electron chi connectivity index (χ1n) is 7.39. The van der Waals surface area contributed by atoms with Crippen LogP contribution in [0.25, 0.3) is 11.3 Å². The van der Waals surface area contributed by atoms with Crippen molar-refractivity contribution in [2.75, 3.05) is 6.26 Å². The molecule has 7 heteroatoms. The van der Waals surface area contributed by atoms with E-state index in [2.05, 4.69) is 20.4 Å². The molecule has 0 aliphatic carbocycles. The zero-order chi connectivity index (χ0) is 16.9. The number of benzene rings is 1. The summed E-state index contributed by atoms with van der Waals surface area (Å²) < 4.78 is 1.71. The van der Waals surface area contributed by atoms with Gasteiger partial charge in [0.2, 0.25) is 0 Å². The standard InChI is InChI=1S/C17H17N5OS/c1-22-11-12(9-21-22)16-14(18-7-8-19-16)10-20-17(23)13-5-3-4-6-15(13)24-2/h3-9,11H,10H2,1-2H3,(H,20,23). The molecular weight excluding hydrogens is 322 g/mol. The van der Waals surface area contributed by atoms with Crippen LogP contribution < -0.4 is 5.32 Å². The third-order valence-corrected chi connectivity index (χ3v) is 4.32. The number of amides is 1. The van der Waals surface area contributed by atoms with E-state index >= 15 is 0 Å². The zero-order valence-corrected chi connectivity index (χ0v) is 14.2.